The minimum absolute atomic E-state index is 0.0882. The molecule has 37 heavy (non-hydrogen) atoms. The number of nitrogens with zero attached hydrogens (tertiary/aromatic N) is 2. The first-order chi connectivity index (χ1) is 17.8. The molecule has 0 bridgehead atoms. The molecule has 2 amide bonds. The lowest BCUT2D eigenvalue weighted by Gasteiger charge is -2.51. The van der Waals surface area contributed by atoms with Gasteiger partial charge in [-0.25, -0.2) is 4.79 Å². The van der Waals surface area contributed by atoms with Gasteiger partial charge in [0.25, 0.3) is 0 Å². The summed E-state index contributed by atoms with van der Waals surface area (Å²) in [7, 11) is 1.67. The van der Waals surface area contributed by atoms with Gasteiger partial charge < -0.3 is 19.6 Å². The van der Waals surface area contributed by atoms with Gasteiger partial charge in [-0.05, 0) is 86.0 Å². The fraction of sp³-hybridized carbons (Fsp3) is 0.594. The summed E-state index contributed by atoms with van der Waals surface area (Å²) in [5.74, 6) is 1.49. The van der Waals surface area contributed by atoms with Crippen LogP contribution in [0.5, 0.6) is 5.75 Å². The van der Waals surface area contributed by atoms with Crippen LogP contribution >= 0.6 is 0 Å². The number of rotatable bonds is 9. The third-order valence-electron chi connectivity index (χ3n) is 9.79. The van der Waals surface area contributed by atoms with Crippen molar-refractivity contribution in [2.75, 3.05) is 20.2 Å². The van der Waals surface area contributed by atoms with Crippen LogP contribution < -0.4 is 4.74 Å². The van der Waals surface area contributed by atoms with Gasteiger partial charge >= 0.3 is 6.03 Å². The second-order valence-electron chi connectivity index (χ2n) is 12.2. The third-order valence-corrected chi connectivity index (χ3v) is 9.79. The molecule has 2 aromatic carbocycles. The third kappa shape index (κ3) is 5.12. The molecule has 1 atom stereocenters. The second-order valence-corrected chi connectivity index (χ2v) is 12.2. The molecule has 3 fully saturated rings. The Kier molecular flexibility index (Phi) is 7.28. The maximum atomic E-state index is 13.9. The van der Waals surface area contributed by atoms with Gasteiger partial charge in [0, 0.05) is 13.1 Å². The second kappa shape index (κ2) is 10.3. The molecule has 5 heteroatoms. The number of ether oxygens (including phenoxy) is 1. The number of urea groups is 1. The van der Waals surface area contributed by atoms with Crippen LogP contribution in [0.2, 0.25) is 0 Å². The predicted octanol–water partition coefficient (Wildman–Crippen LogP) is 6.53. The van der Waals surface area contributed by atoms with Gasteiger partial charge in [-0.15, -0.1) is 0 Å². The minimum atomic E-state index is -0.719. The highest BCUT2D eigenvalue weighted by atomic mass is 16.5. The number of aliphatic hydroxyl groups is 1. The number of methoxy groups -OCH3 is 1. The number of benzene rings is 2. The fourth-order valence-electron chi connectivity index (χ4n) is 7.07. The number of β-amino-alcohol motifs (C(OH)–C–C–N with tert-alkyl or cyclic N) is 1. The average molecular weight is 505 g/mol. The van der Waals surface area contributed by atoms with E-state index in [1.165, 1.54) is 18.4 Å². The number of hydrogen-bond donors (Lipinski definition) is 1. The van der Waals surface area contributed by atoms with E-state index >= 15 is 0 Å². The van der Waals surface area contributed by atoms with E-state index < -0.39 is 5.60 Å². The Balaban J connectivity index is 1.40. The van der Waals surface area contributed by atoms with Crippen LogP contribution in [0.15, 0.2) is 54.6 Å². The molecule has 0 radical (unpaired) electrons. The molecule has 2 saturated carbocycles. The summed E-state index contributed by atoms with van der Waals surface area (Å²) < 4.78 is 5.32. The average Bonchev–Trinajstić information content (AvgIpc) is 3.15. The van der Waals surface area contributed by atoms with Crippen molar-refractivity contribution in [3.63, 3.8) is 0 Å². The first-order valence-corrected chi connectivity index (χ1v) is 14.3. The summed E-state index contributed by atoms with van der Waals surface area (Å²) in [4.78, 5) is 18.0. The summed E-state index contributed by atoms with van der Waals surface area (Å²) in [5.41, 5.74) is 1.80. The zero-order chi connectivity index (χ0) is 26.1. The smallest absolute Gasteiger partial charge is 0.321 e. The lowest BCUT2D eigenvalue weighted by molar-refractivity contribution is -0.0688. The standard InChI is InChI=1S/C32H44N2O3/c1-4-25(2)21-30(27-9-6-5-7-10-27)17-19-31(20-18-30)23-33(22-26-11-13-28(37-3)14-12-26)29(35)34(31)24-32(36)15-8-16-32/h5-7,9-14,25,36H,4,8,15-24H2,1-3H3. The number of carbonyl (C=O) groups is 1. The van der Waals surface area contributed by atoms with Crippen molar-refractivity contribution in [3.05, 3.63) is 65.7 Å². The SMILES string of the molecule is CCC(C)CC1(c2ccccc2)CCC2(CC1)CN(Cc1ccc(OC)cc1)C(=O)N2CC1(O)CCC1. The molecule has 1 heterocycles. The van der Waals surface area contributed by atoms with Crippen molar-refractivity contribution in [1.82, 2.24) is 9.80 Å². The van der Waals surface area contributed by atoms with E-state index in [9.17, 15) is 9.90 Å². The largest absolute Gasteiger partial charge is 0.497 e. The lowest BCUT2D eigenvalue weighted by atomic mass is 9.60. The van der Waals surface area contributed by atoms with E-state index in [4.69, 9.17) is 4.74 Å². The van der Waals surface area contributed by atoms with Crippen molar-refractivity contribution in [2.24, 2.45) is 5.92 Å². The summed E-state index contributed by atoms with van der Waals surface area (Å²) in [6.45, 7) is 6.47. The Morgan fingerprint density at radius 1 is 0.973 bits per heavy atom. The van der Waals surface area contributed by atoms with Crippen molar-refractivity contribution >= 4 is 6.03 Å². The first-order valence-electron chi connectivity index (χ1n) is 14.3. The van der Waals surface area contributed by atoms with Gasteiger partial charge in [-0.2, -0.15) is 0 Å². The Bertz CT molecular complexity index is 1060. The Morgan fingerprint density at radius 2 is 1.65 bits per heavy atom. The van der Waals surface area contributed by atoms with Gasteiger partial charge in [0.2, 0.25) is 0 Å². The first kappa shape index (κ1) is 26.1. The molecule has 1 unspecified atom stereocenters. The van der Waals surface area contributed by atoms with Crippen molar-refractivity contribution in [1.29, 1.82) is 0 Å². The van der Waals surface area contributed by atoms with Crippen molar-refractivity contribution in [2.45, 2.75) is 94.7 Å². The van der Waals surface area contributed by atoms with Crippen molar-refractivity contribution in [3.8, 4) is 5.75 Å². The monoisotopic (exact) mass is 504 g/mol. The summed E-state index contributed by atoms with van der Waals surface area (Å²) in [5, 5.41) is 11.1. The van der Waals surface area contributed by atoms with Crippen LogP contribution in [0.1, 0.15) is 82.8 Å². The number of carbonyl (C=O) groups excluding carboxylic acids is 1. The highest BCUT2D eigenvalue weighted by Gasteiger charge is 2.56. The summed E-state index contributed by atoms with van der Waals surface area (Å²) >= 11 is 0. The van der Waals surface area contributed by atoms with Gasteiger partial charge in [-0.3, -0.25) is 0 Å². The van der Waals surface area contributed by atoms with E-state index in [-0.39, 0.29) is 17.0 Å². The van der Waals surface area contributed by atoms with Gasteiger partial charge in [0.15, 0.2) is 0 Å². The van der Waals surface area contributed by atoms with E-state index in [2.05, 4.69) is 49.1 Å². The van der Waals surface area contributed by atoms with Crippen LogP contribution in [-0.2, 0) is 12.0 Å². The Morgan fingerprint density at radius 3 is 2.22 bits per heavy atom. The molecular weight excluding hydrogens is 460 g/mol. The van der Waals surface area contributed by atoms with Crippen LogP contribution in [0.4, 0.5) is 4.79 Å². The molecule has 1 N–H and O–H groups in total. The lowest BCUT2D eigenvalue weighted by Crippen LogP contribution is -2.58. The number of amides is 2. The van der Waals surface area contributed by atoms with Crippen LogP contribution in [-0.4, -0.2) is 52.3 Å². The topological polar surface area (TPSA) is 53.0 Å². The summed E-state index contributed by atoms with van der Waals surface area (Å²) in [6, 6.07) is 19.2. The van der Waals surface area contributed by atoms with Gasteiger partial charge in [-0.1, -0.05) is 62.7 Å². The van der Waals surface area contributed by atoms with Crippen LogP contribution in [0.3, 0.4) is 0 Å². The predicted molar refractivity (Wildman–Crippen MR) is 148 cm³/mol. The maximum absolute atomic E-state index is 13.9. The molecule has 3 aliphatic rings. The molecule has 5 nitrogen and oxygen atoms in total. The molecule has 1 saturated heterocycles. The van der Waals surface area contributed by atoms with E-state index in [1.54, 1.807) is 7.11 Å². The zero-order valence-corrected chi connectivity index (χ0v) is 22.9. The molecule has 1 spiro atoms. The molecule has 200 valence electrons. The van der Waals surface area contributed by atoms with E-state index in [0.29, 0.717) is 19.0 Å². The fourth-order valence-corrected chi connectivity index (χ4v) is 7.07. The molecule has 2 aromatic rings. The molecule has 2 aliphatic carbocycles. The molecular formula is C32H44N2O3. The van der Waals surface area contributed by atoms with Crippen LogP contribution in [0, 0.1) is 5.92 Å². The molecule has 0 aromatic heterocycles. The van der Waals surface area contributed by atoms with Gasteiger partial charge in [0.1, 0.15) is 5.75 Å². The Labute approximate surface area is 222 Å². The maximum Gasteiger partial charge on any atom is 0.321 e. The van der Waals surface area contributed by atoms with Crippen molar-refractivity contribution < 1.29 is 14.6 Å². The molecule has 5 rings (SSSR count). The summed E-state index contributed by atoms with van der Waals surface area (Å²) in [6.07, 6.45) is 9.16. The van der Waals surface area contributed by atoms with Crippen LogP contribution in [0.25, 0.3) is 0 Å². The van der Waals surface area contributed by atoms with E-state index in [0.717, 1.165) is 62.8 Å². The Hall–Kier alpha value is -2.53. The van der Waals surface area contributed by atoms with E-state index in [1.807, 2.05) is 29.2 Å². The van der Waals surface area contributed by atoms with Gasteiger partial charge in [0.05, 0.1) is 24.8 Å². The minimum Gasteiger partial charge on any atom is -0.497 e. The highest BCUT2D eigenvalue weighted by molar-refractivity contribution is 5.78. The highest BCUT2D eigenvalue weighted by Crippen LogP contribution is 2.52. The normalized spacial score (nSPS) is 27.8. The molecule has 1 aliphatic heterocycles. The quantitative estimate of drug-likeness (QED) is 0.422. The number of hydrogen-bond acceptors (Lipinski definition) is 3. The zero-order valence-electron chi connectivity index (χ0n) is 22.9.